The monoisotopic (exact) mass is 326 g/mol. The van der Waals surface area contributed by atoms with Gasteiger partial charge in [-0.05, 0) is 17.7 Å². The first-order valence-corrected chi connectivity index (χ1v) is 7.27. The third-order valence-electron chi connectivity index (χ3n) is 3.50. The number of benzene rings is 1. The minimum atomic E-state index is -0.475. The number of carbonyl (C=O) groups is 1. The van der Waals surface area contributed by atoms with Crippen molar-refractivity contribution in [3.8, 4) is 0 Å². The van der Waals surface area contributed by atoms with E-state index >= 15 is 0 Å². The molecule has 1 N–H and O–H groups in total. The third kappa shape index (κ3) is 4.03. The molecule has 1 amide bonds. The predicted octanol–water partition coefficient (Wildman–Crippen LogP) is 1.65. The lowest BCUT2D eigenvalue weighted by molar-refractivity contribution is -0.130. The number of amides is 1. The molecule has 0 radical (unpaired) electrons. The maximum absolute atomic E-state index is 11.2. The van der Waals surface area contributed by atoms with E-state index in [-0.39, 0.29) is 5.91 Å². The molecule has 0 spiro atoms. The number of aliphatic hydroxyl groups is 1. The van der Waals surface area contributed by atoms with Crippen LogP contribution in [-0.4, -0.2) is 53.5 Å². The summed E-state index contributed by atoms with van der Waals surface area (Å²) in [4.78, 5) is 15.3. The zero-order valence-corrected chi connectivity index (χ0v) is 12.6. The van der Waals surface area contributed by atoms with Crippen LogP contribution in [0.1, 0.15) is 18.6 Å². The van der Waals surface area contributed by atoms with Crippen molar-refractivity contribution in [3.05, 3.63) is 34.3 Å². The smallest absolute Gasteiger partial charge is 0.219 e. The molecule has 104 valence electrons. The van der Waals surface area contributed by atoms with Crippen LogP contribution in [-0.2, 0) is 4.79 Å². The number of piperazine rings is 1. The molecule has 0 unspecified atom stereocenters. The van der Waals surface area contributed by atoms with Crippen LogP contribution in [0.25, 0.3) is 0 Å². The Morgan fingerprint density at radius 3 is 2.37 bits per heavy atom. The second-order valence-electron chi connectivity index (χ2n) is 4.87. The first-order valence-electron chi connectivity index (χ1n) is 6.47. The molecule has 0 aliphatic carbocycles. The van der Waals surface area contributed by atoms with Crippen molar-refractivity contribution in [2.24, 2.45) is 0 Å². The fourth-order valence-corrected chi connectivity index (χ4v) is 2.54. The van der Waals surface area contributed by atoms with Crippen LogP contribution in [0.2, 0.25) is 0 Å². The Balaban J connectivity index is 1.85. The Hall–Kier alpha value is -0.910. The fraction of sp³-hybridized carbons (Fsp3) is 0.500. The second kappa shape index (κ2) is 6.50. The summed E-state index contributed by atoms with van der Waals surface area (Å²) < 4.78 is 1.01. The maximum atomic E-state index is 11.2. The zero-order valence-electron chi connectivity index (χ0n) is 11.1. The first kappa shape index (κ1) is 14.5. The van der Waals surface area contributed by atoms with Crippen molar-refractivity contribution in [2.75, 3.05) is 32.7 Å². The molecule has 1 fully saturated rings. The third-order valence-corrected chi connectivity index (χ3v) is 4.03. The summed E-state index contributed by atoms with van der Waals surface area (Å²) in [5.74, 6) is 0.133. The molecule has 1 aromatic carbocycles. The van der Waals surface area contributed by atoms with E-state index in [0.29, 0.717) is 6.54 Å². The molecular formula is C14H19BrN2O2. The van der Waals surface area contributed by atoms with Crippen LogP contribution >= 0.6 is 15.9 Å². The number of carbonyl (C=O) groups excluding carboxylic acids is 1. The highest BCUT2D eigenvalue weighted by Crippen LogP contribution is 2.18. The molecule has 1 atom stereocenters. The lowest BCUT2D eigenvalue weighted by Crippen LogP contribution is -2.48. The van der Waals surface area contributed by atoms with Crippen molar-refractivity contribution < 1.29 is 9.90 Å². The highest BCUT2D eigenvalue weighted by Gasteiger charge is 2.20. The molecule has 4 nitrogen and oxygen atoms in total. The van der Waals surface area contributed by atoms with Gasteiger partial charge in [0.25, 0.3) is 0 Å². The number of nitrogens with zero attached hydrogens (tertiary/aromatic N) is 2. The minimum Gasteiger partial charge on any atom is -0.387 e. The zero-order chi connectivity index (χ0) is 13.8. The lowest BCUT2D eigenvalue weighted by atomic mass is 10.1. The van der Waals surface area contributed by atoms with Crippen molar-refractivity contribution in [1.82, 2.24) is 9.80 Å². The van der Waals surface area contributed by atoms with E-state index < -0.39 is 6.10 Å². The van der Waals surface area contributed by atoms with Gasteiger partial charge in [0, 0.05) is 44.1 Å². The second-order valence-corrected chi connectivity index (χ2v) is 5.79. The van der Waals surface area contributed by atoms with E-state index in [9.17, 15) is 9.90 Å². The molecule has 1 heterocycles. The predicted molar refractivity (Wildman–Crippen MR) is 77.8 cm³/mol. The quantitative estimate of drug-likeness (QED) is 0.918. The van der Waals surface area contributed by atoms with E-state index in [4.69, 9.17) is 0 Å². The van der Waals surface area contributed by atoms with Gasteiger partial charge in [0.15, 0.2) is 0 Å². The Bertz CT molecular complexity index is 428. The van der Waals surface area contributed by atoms with Crippen molar-refractivity contribution in [3.63, 3.8) is 0 Å². The van der Waals surface area contributed by atoms with Crippen LogP contribution in [0.4, 0.5) is 0 Å². The highest BCUT2D eigenvalue weighted by atomic mass is 79.9. The Morgan fingerprint density at radius 1 is 1.26 bits per heavy atom. The van der Waals surface area contributed by atoms with Crippen LogP contribution in [0, 0.1) is 0 Å². The van der Waals surface area contributed by atoms with E-state index in [1.165, 1.54) is 0 Å². The molecule has 19 heavy (non-hydrogen) atoms. The minimum absolute atomic E-state index is 0.133. The van der Waals surface area contributed by atoms with E-state index in [2.05, 4.69) is 20.8 Å². The maximum Gasteiger partial charge on any atom is 0.219 e. The molecule has 2 rings (SSSR count). The summed E-state index contributed by atoms with van der Waals surface area (Å²) in [6.45, 7) is 5.38. The molecule has 1 aliphatic rings. The lowest BCUT2D eigenvalue weighted by Gasteiger charge is -2.35. The van der Waals surface area contributed by atoms with Gasteiger partial charge in [-0.1, -0.05) is 28.1 Å². The molecule has 0 saturated carbocycles. The summed E-state index contributed by atoms with van der Waals surface area (Å²) in [6.07, 6.45) is -0.475. The molecular weight excluding hydrogens is 308 g/mol. The normalized spacial score (nSPS) is 18.4. The summed E-state index contributed by atoms with van der Waals surface area (Å²) in [6, 6.07) is 7.74. The van der Waals surface area contributed by atoms with Gasteiger partial charge >= 0.3 is 0 Å². The van der Waals surface area contributed by atoms with Gasteiger partial charge in [0.05, 0.1) is 6.10 Å². The van der Waals surface area contributed by atoms with Gasteiger partial charge in [0.1, 0.15) is 0 Å². The van der Waals surface area contributed by atoms with E-state index in [0.717, 1.165) is 36.2 Å². The van der Waals surface area contributed by atoms with Crippen LogP contribution < -0.4 is 0 Å². The summed E-state index contributed by atoms with van der Waals surface area (Å²) >= 11 is 3.38. The standard InChI is InChI=1S/C14H19BrN2O2/c1-11(18)17-8-6-16(7-9-17)10-14(19)12-2-4-13(15)5-3-12/h2-5,14,19H,6-10H2,1H3/t14-/m1/s1. The van der Waals surface area contributed by atoms with Crippen molar-refractivity contribution in [2.45, 2.75) is 13.0 Å². The van der Waals surface area contributed by atoms with Gasteiger partial charge < -0.3 is 10.0 Å². The first-order chi connectivity index (χ1) is 9.06. The number of β-amino-alcohol motifs (C(OH)–C–C–N with tert-alkyl or cyclic N) is 1. The molecule has 1 saturated heterocycles. The van der Waals surface area contributed by atoms with Gasteiger partial charge in [-0.3, -0.25) is 9.69 Å². The van der Waals surface area contributed by atoms with E-state index in [1.807, 2.05) is 29.2 Å². The molecule has 1 aromatic rings. The van der Waals surface area contributed by atoms with Crippen molar-refractivity contribution >= 4 is 21.8 Å². The molecule has 5 heteroatoms. The summed E-state index contributed by atoms with van der Waals surface area (Å²) in [5.41, 5.74) is 0.928. The summed E-state index contributed by atoms with van der Waals surface area (Å²) in [7, 11) is 0. The number of halogens is 1. The Labute approximate surface area is 122 Å². The van der Waals surface area contributed by atoms with Gasteiger partial charge in [-0.15, -0.1) is 0 Å². The van der Waals surface area contributed by atoms with Crippen LogP contribution in [0.3, 0.4) is 0 Å². The number of rotatable bonds is 3. The van der Waals surface area contributed by atoms with Gasteiger partial charge in [-0.25, -0.2) is 0 Å². The molecule has 0 bridgehead atoms. The Morgan fingerprint density at radius 2 is 1.84 bits per heavy atom. The van der Waals surface area contributed by atoms with Gasteiger partial charge in [-0.2, -0.15) is 0 Å². The fourth-order valence-electron chi connectivity index (χ4n) is 2.28. The summed E-state index contributed by atoms with van der Waals surface area (Å²) in [5, 5.41) is 10.2. The Kier molecular flexibility index (Phi) is 4.96. The SMILES string of the molecule is CC(=O)N1CCN(C[C@@H](O)c2ccc(Br)cc2)CC1. The molecule has 0 aromatic heterocycles. The van der Waals surface area contributed by atoms with Crippen molar-refractivity contribution in [1.29, 1.82) is 0 Å². The van der Waals surface area contributed by atoms with Gasteiger partial charge in [0.2, 0.25) is 5.91 Å². The number of aliphatic hydroxyl groups excluding tert-OH is 1. The number of hydrogen-bond donors (Lipinski definition) is 1. The van der Waals surface area contributed by atoms with Crippen LogP contribution in [0.5, 0.6) is 0 Å². The largest absolute Gasteiger partial charge is 0.387 e. The number of hydrogen-bond acceptors (Lipinski definition) is 3. The average Bonchev–Trinajstić information content (AvgIpc) is 2.40. The highest BCUT2D eigenvalue weighted by molar-refractivity contribution is 9.10. The average molecular weight is 327 g/mol. The molecule has 1 aliphatic heterocycles. The topological polar surface area (TPSA) is 43.8 Å². The van der Waals surface area contributed by atoms with Crippen LogP contribution in [0.15, 0.2) is 28.7 Å². The van der Waals surface area contributed by atoms with E-state index in [1.54, 1.807) is 6.92 Å².